The summed E-state index contributed by atoms with van der Waals surface area (Å²) < 4.78 is 19.1. The van der Waals surface area contributed by atoms with Crippen molar-refractivity contribution < 1.29 is 19.0 Å². The van der Waals surface area contributed by atoms with Gasteiger partial charge in [-0.05, 0) is 44.1 Å². The molecule has 3 heterocycles. The van der Waals surface area contributed by atoms with Crippen LogP contribution in [0.2, 0.25) is 0 Å². The van der Waals surface area contributed by atoms with Crippen molar-refractivity contribution >= 4 is 50.9 Å². The van der Waals surface area contributed by atoms with Crippen molar-refractivity contribution in [2.24, 2.45) is 0 Å². The van der Waals surface area contributed by atoms with Crippen molar-refractivity contribution in [1.29, 1.82) is 0 Å². The molecule has 0 saturated carbocycles. The van der Waals surface area contributed by atoms with Crippen LogP contribution < -0.4 is 14.8 Å². The lowest BCUT2D eigenvalue weighted by Gasteiger charge is -2.28. The standard InChI is InChI=1S/C23H20BrN7O4S2/c1-33-16-10-13(9-14(24)19(16)34-2)18-17(21(32)35-3)15(25-22-27-29-30-31(18)22)11-36-23-28-26-20(37-23)12-7-5-4-6-8-12/h4-10,18H,11H2,1-3H3,(H,25,27,30). The molecule has 2 aromatic carbocycles. The molecule has 1 aliphatic heterocycles. The highest BCUT2D eigenvalue weighted by Crippen LogP contribution is 2.43. The van der Waals surface area contributed by atoms with E-state index in [9.17, 15) is 4.79 Å². The Morgan fingerprint density at radius 2 is 1.95 bits per heavy atom. The maximum absolute atomic E-state index is 13.2. The zero-order chi connectivity index (χ0) is 25.9. The van der Waals surface area contributed by atoms with E-state index in [0.29, 0.717) is 44.5 Å². The molecule has 0 fully saturated rings. The number of aromatic nitrogens is 6. The number of halogens is 1. The summed E-state index contributed by atoms with van der Waals surface area (Å²) in [6.07, 6.45) is 0. The van der Waals surface area contributed by atoms with E-state index in [1.165, 1.54) is 34.9 Å². The number of thioether (sulfide) groups is 1. The van der Waals surface area contributed by atoms with Gasteiger partial charge in [0, 0.05) is 17.0 Å². The number of carbonyl (C=O) groups is 1. The minimum Gasteiger partial charge on any atom is -0.493 e. The Balaban J connectivity index is 1.53. The van der Waals surface area contributed by atoms with E-state index >= 15 is 0 Å². The van der Waals surface area contributed by atoms with E-state index in [2.05, 4.69) is 47.0 Å². The number of esters is 1. The van der Waals surface area contributed by atoms with Gasteiger partial charge in [0.25, 0.3) is 0 Å². The maximum atomic E-state index is 13.2. The summed E-state index contributed by atoms with van der Waals surface area (Å²) in [5.74, 6) is 1.28. The molecular weight excluding hydrogens is 582 g/mol. The number of tetrazole rings is 1. The molecule has 190 valence electrons. The average molecular weight is 602 g/mol. The highest BCUT2D eigenvalue weighted by atomic mass is 79.9. The molecule has 5 rings (SSSR count). The molecule has 1 aliphatic rings. The zero-order valence-electron chi connectivity index (χ0n) is 19.8. The number of ether oxygens (including phenoxy) is 3. The molecule has 0 bridgehead atoms. The number of methoxy groups -OCH3 is 3. The van der Waals surface area contributed by atoms with Crippen LogP contribution in [0.15, 0.2) is 62.5 Å². The van der Waals surface area contributed by atoms with Crippen LogP contribution in [0.3, 0.4) is 0 Å². The van der Waals surface area contributed by atoms with Crippen molar-refractivity contribution in [3.05, 3.63) is 63.8 Å². The van der Waals surface area contributed by atoms with Gasteiger partial charge >= 0.3 is 5.97 Å². The summed E-state index contributed by atoms with van der Waals surface area (Å²) in [6.45, 7) is 0. The van der Waals surface area contributed by atoms with Crippen molar-refractivity contribution in [3.63, 3.8) is 0 Å². The predicted molar refractivity (Wildman–Crippen MR) is 142 cm³/mol. The van der Waals surface area contributed by atoms with Crippen molar-refractivity contribution in [3.8, 4) is 22.1 Å². The van der Waals surface area contributed by atoms with Gasteiger partial charge in [-0.25, -0.2) is 4.79 Å². The Hall–Kier alpha value is -3.49. The molecule has 0 saturated heterocycles. The highest BCUT2D eigenvalue weighted by Gasteiger charge is 2.37. The summed E-state index contributed by atoms with van der Waals surface area (Å²) in [6, 6.07) is 12.8. The van der Waals surface area contributed by atoms with E-state index in [1.807, 2.05) is 36.4 Å². The Morgan fingerprint density at radius 3 is 2.68 bits per heavy atom. The van der Waals surface area contributed by atoms with Crippen LogP contribution in [0.25, 0.3) is 10.6 Å². The van der Waals surface area contributed by atoms with Crippen LogP contribution in [-0.4, -0.2) is 63.5 Å². The molecule has 14 heteroatoms. The number of carbonyl (C=O) groups excluding carboxylic acids is 1. The number of hydrogen-bond donors (Lipinski definition) is 1. The van der Waals surface area contributed by atoms with E-state index in [1.54, 1.807) is 20.3 Å². The fraction of sp³-hybridized carbons (Fsp3) is 0.217. The Labute approximate surface area is 228 Å². The molecule has 4 aromatic rings. The summed E-state index contributed by atoms with van der Waals surface area (Å²) in [5, 5.41) is 24.7. The quantitative estimate of drug-likeness (QED) is 0.230. The average Bonchev–Trinajstić information content (AvgIpc) is 3.60. The Bertz CT molecular complexity index is 1480. The SMILES string of the molecule is COC(=O)C1=C(CSc2nnc(-c3ccccc3)s2)Nc2nnnn2C1c1cc(Br)c(OC)c(OC)c1. The summed E-state index contributed by atoms with van der Waals surface area (Å²) in [5.41, 5.74) is 2.66. The third-order valence-electron chi connectivity index (χ3n) is 5.54. The number of rotatable bonds is 8. The maximum Gasteiger partial charge on any atom is 0.338 e. The Kier molecular flexibility index (Phi) is 7.39. The van der Waals surface area contributed by atoms with Crippen LogP contribution in [0.1, 0.15) is 11.6 Å². The zero-order valence-corrected chi connectivity index (χ0v) is 23.1. The molecule has 0 aliphatic carbocycles. The van der Waals surface area contributed by atoms with Gasteiger partial charge in [-0.15, -0.1) is 10.2 Å². The molecule has 11 nitrogen and oxygen atoms in total. The van der Waals surface area contributed by atoms with E-state index in [-0.39, 0.29) is 0 Å². The second-order valence-electron chi connectivity index (χ2n) is 7.62. The van der Waals surface area contributed by atoms with Gasteiger partial charge < -0.3 is 19.5 Å². The highest BCUT2D eigenvalue weighted by molar-refractivity contribution is 9.10. The van der Waals surface area contributed by atoms with E-state index in [0.717, 1.165) is 14.9 Å². The first-order chi connectivity index (χ1) is 18.0. The van der Waals surface area contributed by atoms with Gasteiger partial charge in [-0.3, -0.25) is 0 Å². The van der Waals surface area contributed by atoms with Crippen molar-refractivity contribution in [1.82, 2.24) is 30.4 Å². The summed E-state index contributed by atoms with van der Waals surface area (Å²) in [7, 11) is 4.44. The molecule has 1 atom stereocenters. The van der Waals surface area contributed by atoms with Crippen LogP contribution in [0.4, 0.5) is 5.95 Å². The predicted octanol–water partition coefficient (Wildman–Crippen LogP) is 4.21. The lowest BCUT2D eigenvalue weighted by molar-refractivity contribution is -0.136. The molecule has 0 amide bonds. The van der Waals surface area contributed by atoms with Gasteiger partial charge in [-0.1, -0.05) is 58.5 Å². The first-order valence-electron chi connectivity index (χ1n) is 10.8. The largest absolute Gasteiger partial charge is 0.493 e. The topological polar surface area (TPSA) is 126 Å². The van der Waals surface area contributed by atoms with E-state index in [4.69, 9.17) is 14.2 Å². The van der Waals surface area contributed by atoms with Crippen molar-refractivity contribution in [2.75, 3.05) is 32.4 Å². The minimum absolute atomic E-state index is 0.363. The molecule has 37 heavy (non-hydrogen) atoms. The number of fused-ring (bicyclic) bond motifs is 1. The molecule has 1 unspecified atom stereocenters. The Morgan fingerprint density at radius 1 is 1.14 bits per heavy atom. The van der Waals surface area contributed by atoms with Gasteiger partial charge in [0.2, 0.25) is 5.95 Å². The molecule has 0 spiro atoms. The summed E-state index contributed by atoms with van der Waals surface area (Å²) in [4.78, 5) is 13.2. The third-order valence-corrected chi connectivity index (χ3v) is 8.26. The molecular formula is C23H20BrN7O4S2. The van der Waals surface area contributed by atoms with Gasteiger partial charge in [0.15, 0.2) is 15.8 Å². The van der Waals surface area contributed by atoms with Crippen LogP contribution in [0.5, 0.6) is 11.5 Å². The van der Waals surface area contributed by atoms with Gasteiger partial charge in [0.05, 0.1) is 31.4 Å². The molecule has 0 radical (unpaired) electrons. The number of hydrogen-bond acceptors (Lipinski definition) is 12. The minimum atomic E-state index is -0.681. The fourth-order valence-electron chi connectivity index (χ4n) is 3.90. The van der Waals surface area contributed by atoms with Crippen molar-refractivity contribution in [2.45, 2.75) is 10.4 Å². The normalized spacial score (nSPS) is 14.6. The molecule has 2 aromatic heterocycles. The first-order valence-corrected chi connectivity index (χ1v) is 13.4. The monoisotopic (exact) mass is 601 g/mol. The summed E-state index contributed by atoms with van der Waals surface area (Å²) >= 11 is 6.46. The second kappa shape index (κ2) is 10.9. The second-order valence-corrected chi connectivity index (χ2v) is 10.7. The van der Waals surface area contributed by atoms with Crippen LogP contribution in [0, 0.1) is 0 Å². The fourth-order valence-corrected chi connectivity index (χ4v) is 6.35. The number of anilines is 1. The number of benzene rings is 2. The van der Waals surface area contributed by atoms with Gasteiger partial charge in [-0.2, -0.15) is 4.68 Å². The smallest absolute Gasteiger partial charge is 0.338 e. The van der Waals surface area contributed by atoms with Gasteiger partial charge in [0.1, 0.15) is 11.0 Å². The van der Waals surface area contributed by atoms with Crippen LogP contribution >= 0.6 is 39.0 Å². The van der Waals surface area contributed by atoms with E-state index < -0.39 is 12.0 Å². The number of nitrogens with one attached hydrogen (secondary N) is 1. The van der Waals surface area contributed by atoms with Crippen LogP contribution in [-0.2, 0) is 9.53 Å². The number of nitrogens with zero attached hydrogens (tertiary/aromatic N) is 6. The first kappa shape index (κ1) is 25.2. The lowest BCUT2D eigenvalue weighted by Crippen LogP contribution is -2.31. The third kappa shape index (κ3) is 4.91. The lowest BCUT2D eigenvalue weighted by atomic mass is 9.95. The molecule has 1 N–H and O–H groups in total.